The van der Waals surface area contributed by atoms with E-state index in [9.17, 15) is 38.2 Å². The summed E-state index contributed by atoms with van der Waals surface area (Å²) in [6.07, 6.45) is 7.56. The molecule has 0 radical (unpaired) electrons. The zero-order chi connectivity index (χ0) is 51.9. The van der Waals surface area contributed by atoms with Crippen molar-refractivity contribution in [3.63, 3.8) is 0 Å². The quantitative estimate of drug-likeness (QED) is 0.0503. The van der Waals surface area contributed by atoms with Crippen molar-refractivity contribution in [3.05, 3.63) is 35.9 Å². The Morgan fingerprint density at radius 3 is 2.13 bits per heavy atom. The van der Waals surface area contributed by atoms with Gasteiger partial charge >= 0.3 is 13.6 Å². The summed E-state index contributed by atoms with van der Waals surface area (Å²) in [7, 11) is 2.59. The predicted molar refractivity (Wildman–Crippen MR) is 270 cm³/mol. The number of carbonyl (C=O) groups excluding carboxylic acids is 5. The number of amides is 2. The first-order valence-corrected chi connectivity index (χ1v) is 28.0. The van der Waals surface area contributed by atoms with Gasteiger partial charge in [0, 0.05) is 70.9 Å². The molecule has 2 bridgehead atoms. The van der Waals surface area contributed by atoms with Gasteiger partial charge in [0.2, 0.25) is 11.8 Å². The van der Waals surface area contributed by atoms with Crippen LogP contribution in [0.3, 0.4) is 0 Å². The molecule has 3 aliphatic rings. The standard InChI is InChI=1S/C54H88N3O12P/c1-11-36(4)51(56(8)54(64)43(35(2)3)33-47(60)52-40-25-26-41(31-40)55(52)7)48(67-9)34-49(61)57-27-20-23-44(57)53(68-10)38(6)46(59)32-42(30-39-21-16-15-17-22-39)70(65,66)69-28-19-14-12-13-18-24-45(58)37(5)29-50(62)63/h15-17,21-22,35-38,40-44,48,51-53H,11-14,18-20,23-34H2,1-10H3,(H,62,63)(H,65,66)/t36-,37?,38-,40-,41+,42+,43-,44-,48+,51-,52-,53+/m0/s1. The van der Waals surface area contributed by atoms with Crippen molar-refractivity contribution in [2.24, 2.45) is 35.5 Å². The Bertz CT molecular complexity index is 1910. The fourth-order valence-corrected chi connectivity index (χ4v) is 13.2. The summed E-state index contributed by atoms with van der Waals surface area (Å²) in [5.41, 5.74) is -0.226. The SMILES string of the molecule is CC[C@H](C)[C@@H]([C@@H](CC(=O)N1CCC[C@H]1[C@H](OC)[C@@H](C)C(=O)C[C@@H](Cc1ccccc1)P(=O)(O)OCCCCCCCC(=O)C(C)CC(=O)O)OC)N(C)C(=O)[C@@H](CC(=O)[C@@H]1[C@H]2CC[C@H](C2)N1C)C(C)C. The number of unbranched alkanes of at least 4 members (excludes halogenated alkanes) is 4. The number of hydrogen-bond acceptors (Lipinski definition) is 11. The summed E-state index contributed by atoms with van der Waals surface area (Å²) in [6.45, 7) is 12.0. The number of carboxylic acid groups (broad SMARTS) is 1. The number of fused-ring (bicyclic) bond motifs is 2. The smallest absolute Gasteiger partial charge is 0.331 e. The number of Topliss-reactive ketones (excluding diaryl/α,β-unsaturated/α-hetero) is 3. The van der Waals surface area contributed by atoms with Gasteiger partial charge in [0.25, 0.3) is 0 Å². The third-order valence-corrected chi connectivity index (χ3v) is 18.1. The molecule has 2 amide bonds. The minimum absolute atomic E-state index is 0.00264. The molecule has 1 aromatic carbocycles. The van der Waals surface area contributed by atoms with Gasteiger partial charge in [-0.05, 0) is 81.7 Å². The number of rotatable bonds is 33. The monoisotopic (exact) mass is 1000 g/mol. The number of ether oxygens (including phenoxy) is 2. The van der Waals surface area contributed by atoms with E-state index in [1.807, 2.05) is 51.2 Å². The zero-order valence-corrected chi connectivity index (χ0v) is 45.0. The van der Waals surface area contributed by atoms with Crippen molar-refractivity contribution < 1.29 is 57.3 Å². The average Bonchev–Trinajstić information content (AvgIpc) is 4.08. The number of ketones is 3. The highest BCUT2D eigenvalue weighted by Gasteiger charge is 2.49. The lowest BCUT2D eigenvalue weighted by Crippen LogP contribution is -2.54. The zero-order valence-electron chi connectivity index (χ0n) is 44.1. The van der Waals surface area contributed by atoms with Crippen LogP contribution in [-0.4, -0.2) is 143 Å². The van der Waals surface area contributed by atoms with E-state index >= 15 is 0 Å². The minimum Gasteiger partial charge on any atom is -0.481 e. The second-order valence-electron chi connectivity index (χ2n) is 21.3. The van der Waals surface area contributed by atoms with Gasteiger partial charge in [0.15, 0.2) is 5.78 Å². The number of aliphatic carboxylic acids is 1. The first-order chi connectivity index (χ1) is 33.2. The van der Waals surface area contributed by atoms with Gasteiger partial charge < -0.3 is 33.8 Å². The highest BCUT2D eigenvalue weighted by Crippen LogP contribution is 2.51. The number of piperidine rings is 1. The number of likely N-dealkylation sites (tertiary alicyclic amines) is 2. The van der Waals surface area contributed by atoms with Crippen LogP contribution in [0, 0.1) is 35.5 Å². The molecule has 0 aromatic heterocycles. The normalized spacial score (nSPS) is 23.5. The minimum atomic E-state index is -4.31. The van der Waals surface area contributed by atoms with Crippen molar-refractivity contribution in [1.82, 2.24) is 14.7 Å². The van der Waals surface area contributed by atoms with Crippen molar-refractivity contribution in [3.8, 4) is 0 Å². The predicted octanol–water partition coefficient (Wildman–Crippen LogP) is 8.41. The van der Waals surface area contributed by atoms with Gasteiger partial charge in [-0.1, -0.05) is 97.6 Å². The summed E-state index contributed by atoms with van der Waals surface area (Å²) in [5.74, 6) is -2.99. The molecule has 13 atom stereocenters. The molecule has 16 heteroatoms. The third-order valence-electron chi connectivity index (χ3n) is 16.2. The lowest BCUT2D eigenvalue weighted by Gasteiger charge is -2.41. The van der Waals surface area contributed by atoms with E-state index in [0.29, 0.717) is 57.0 Å². The Morgan fingerprint density at radius 1 is 0.857 bits per heavy atom. The molecule has 2 unspecified atom stereocenters. The summed E-state index contributed by atoms with van der Waals surface area (Å²) >= 11 is 0. The molecule has 2 heterocycles. The number of carboxylic acids is 1. The second-order valence-corrected chi connectivity index (χ2v) is 23.5. The molecular formula is C54H88N3O12P. The highest BCUT2D eigenvalue weighted by atomic mass is 31.2. The van der Waals surface area contributed by atoms with E-state index in [4.69, 9.17) is 19.1 Å². The molecule has 1 aromatic rings. The molecule has 1 saturated carbocycles. The van der Waals surface area contributed by atoms with Crippen LogP contribution >= 0.6 is 7.60 Å². The van der Waals surface area contributed by atoms with Crippen molar-refractivity contribution in [2.75, 3.05) is 41.5 Å². The Morgan fingerprint density at radius 2 is 1.53 bits per heavy atom. The number of benzene rings is 1. The Balaban J connectivity index is 1.40. The summed E-state index contributed by atoms with van der Waals surface area (Å²) in [6, 6.07) is 8.64. The topological polar surface area (TPSA) is 197 Å². The first kappa shape index (κ1) is 59.2. The maximum Gasteiger partial charge on any atom is 0.331 e. The van der Waals surface area contributed by atoms with E-state index in [-0.39, 0.29) is 85.8 Å². The molecule has 2 aliphatic heterocycles. The molecule has 15 nitrogen and oxygen atoms in total. The van der Waals surface area contributed by atoms with Gasteiger partial charge in [-0.25, -0.2) is 0 Å². The van der Waals surface area contributed by atoms with E-state index in [2.05, 4.69) is 18.7 Å². The van der Waals surface area contributed by atoms with E-state index in [1.165, 1.54) is 7.11 Å². The van der Waals surface area contributed by atoms with Crippen LogP contribution < -0.4 is 0 Å². The van der Waals surface area contributed by atoms with Gasteiger partial charge in [-0.2, -0.15) is 0 Å². The Labute approximate surface area is 419 Å². The lowest BCUT2D eigenvalue weighted by atomic mass is 9.83. The van der Waals surface area contributed by atoms with Gasteiger partial charge in [0.05, 0.1) is 55.4 Å². The summed E-state index contributed by atoms with van der Waals surface area (Å²) in [4.78, 5) is 97.5. The molecular weight excluding hydrogens is 914 g/mol. The molecule has 4 rings (SSSR count). The number of likely N-dealkylation sites (N-methyl/N-ethyl adjacent to an activating group) is 2. The molecule has 2 saturated heterocycles. The van der Waals surface area contributed by atoms with Crippen LogP contribution in [0.25, 0.3) is 0 Å². The number of nitrogens with zero attached hydrogens (tertiary/aromatic N) is 3. The maximum absolute atomic E-state index is 14.5. The fourth-order valence-electron chi connectivity index (χ4n) is 11.7. The van der Waals surface area contributed by atoms with E-state index in [0.717, 1.165) is 44.1 Å². The molecule has 3 fully saturated rings. The fraction of sp³-hybridized carbons (Fsp3) is 0.778. The van der Waals surface area contributed by atoms with Crippen molar-refractivity contribution in [1.29, 1.82) is 0 Å². The number of hydrogen-bond donors (Lipinski definition) is 2. The Kier molecular flexibility index (Phi) is 23.9. The third kappa shape index (κ3) is 16.1. The summed E-state index contributed by atoms with van der Waals surface area (Å²) < 4.78 is 31.8. The molecule has 70 heavy (non-hydrogen) atoms. The summed E-state index contributed by atoms with van der Waals surface area (Å²) in [5, 5.41) is 8.95. The van der Waals surface area contributed by atoms with Crippen LogP contribution in [0.15, 0.2) is 30.3 Å². The first-order valence-electron chi connectivity index (χ1n) is 26.3. The van der Waals surface area contributed by atoms with Crippen LogP contribution in [0.5, 0.6) is 0 Å². The molecule has 396 valence electrons. The molecule has 0 spiro atoms. The van der Waals surface area contributed by atoms with Crippen molar-refractivity contribution in [2.45, 2.75) is 193 Å². The average molecular weight is 1000 g/mol. The number of methoxy groups -OCH3 is 2. The lowest BCUT2D eigenvalue weighted by molar-refractivity contribution is -0.149. The largest absolute Gasteiger partial charge is 0.481 e. The highest BCUT2D eigenvalue weighted by molar-refractivity contribution is 7.53. The molecule has 2 N–H and O–H groups in total. The van der Waals surface area contributed by atoms with Crippen LogP contribution in [-0.2, 0) is 53.8 Å². The second kappa shape index (κ2) is 28.2. The van der Waals surface area contributed by atoms with Gasteiger partial charge in [-0.15, -0.1) is 0 Å². The van der Waals surface area contributed by atoms with Crippen LogP contribution in [0.4, 0.5) is 0 Å². The van der Waals surface area contributed by atoms with E-state index in [1.54, 1.807) is 37.8 Å². The van der Waals surface area contributed by atoms with E-state index < -0.39 is 61.3 Å². The van der Waals surface area contributed by atoms with Crippen molar-refractivity contribution >= 4 is 42.7 Å². The molecule has 1 aliphatic carbocycles. The maximum atomic E-state index is 14.5. The van der Waals surface area contributed by atoms with Gasteiger partial charge in [0.1, 0.15) is 11.6 Å². The number of carbonyl (C=O) groups is 6. The van der Waals surface area contributed by atoms with Gasteiger partial charge in [-0.3, -0.25) is 38.2 Å². The Hall–Kier alpha value is -3.33. The van der Waals surface area contributed by atoms with Crippen LogP contribution in [0.2, 0.25) is 0 Å². The van der Waals surface area contributed by atoms with Crippen LogP contribution in [0.1, 0.15) is 150 Å².